The van der Waals surface area contributed by atoms with E-state index in [-0.39, 0.29) is 32.7 Å². The maximum Gasteiger partial charge on any atom is 0.408 e. The van der Waals surface area contributed by atoms with Gasteiger partial charge in [0.25, 0.3) is 0 Å². The number of carbonyl (C=O) groups is 2. The molecular formula is C17H28F3NO6. The van der Waals surface area contributed by atoms with Crippen LogP contribution in [0, 0.1) is 0 Å². The fraction of sp³-hybridized carbons (Fsp3) is 0.882. The van der Waals surface area contributed by atoms with Crippen LogP contribution in [0.4, 0.5) is 18.0 Å². The molecule has 7 nitrogen and oxygen atoms in total. The van der Waals surface area contributed by atoms with Gasteiger partial charge in [-0.25, -0.2) is 9.59 Å². The van der Waals surface area contributed by atoms with E-state index in [1.807, 2.05) is 0 Å². The summed E-state index contributed by atoms with van der Waals surface area (Å²) in [6.07, 6.45) is -7.40. The third-order valence-corrected chi connectivity index (χ3v) is 3.57. The largest absolute Gasteiger partial charge is 0.458 e. The van der Waals surface area contributed by atoms with Gasteiger partial charge in [0.1, 0.15) is 23.9 Å². The van der Waals surface area contributed by atoms with E-state index in [0.717, 1.165) is 0 Å². The average molecular weight is 399 g/mol. The number of rotatable bonds is 5. The zero-order valence-electron chi connectivity index (χ0n) is 16.1. The molecule has 27 heavy (non-hydrogen) atoms. The van der Waals surface area contributed by atoms with E-state index in [0.29, 0.717) is 0 Å². The van der Waals surface area contributed by atoms with Crippen molar-refractivity contribution in [1.29, 1.82) is 0 Å². The molecular weight excluding hydrogens is 371 g/mol. The van der Waals surface area contributed by atoms with E-state index in [9.17, 15) is 22.8 Å². The first-order valence-electron chi connectivity index (χ1n) is 8.83. The van der Waals surface area contributed by atoms with Gasteiger partial charge >= 0.3 is 18.2 Å². The molecule has 0 unspecified atom stereocenters. The van der Waals surface area contributed by atoms with Crippen molar-refractivity contribution in [1.82, 2.24) is 5.32 Å². The highest BCUT2D eigenvalue weighted by Gasteiger charge is 2.31. The summed E-state index contributed by atoms with van der Waals surface area (Å²) in [5, 5.41) is 2.44. The topological polar surface area (TPSA) is 83.1 Å². The lowest BCUT2D eigenvalue weighted by Gasteiger charge is -2.25. The molecule has 3 atom stereocenters. The maximum atomic E-state index is 12.3. The summed E-state index contributed by atoms with van der Waals surface area (Å²) in [6, 6.07) is -0.953. The molecule has 10 heteroatoms. The lowest BCUT2D eigenvalue weighted by molar-refractivity contribution is -0.160. The van der Waals surface area contributed by atoms with Crippen molar-refractivity contribution >= 4 is 12.1 Å². The van der Waals surface area contributed by atoms with E-state index in [1.54, 1.807) is 27.7 Å². The number of cyclic esters (lactones) is 1. The Morgan fingerprint density at radius 2 is 1.96 bits per heavy atom. The molecule has 0 aliphatic carbocycles. The molecule has 1 fully saturated rings. The highest BCUT2D eigenvalue weighted by molar-refractivity contribution is 5.81. The van der Waals surface area contributed by atoms with Gasteiger partial charge in [0, 0.05) is 26.1 Å². The van der Waals surface area contributed by atoms with Gasteiger partial charge in [-0.3, -0.25) is 0 Å². The van der Waals surface area contributed by atoms with Gasteiger partial charge in [-0.05, 0) is 34.1 Å². The van der Waals surface area contributed by atoms with Gasteiger partial charge in [-0.15, -0.1) is 0 Å². The van der Waals surface area contributed by atoms with Gasteiger partial charge in [-0.2, -0.15) is 13.2 Å². The molecule has 1 rings (SSSR count). The molecule has 0 radical (unpaired) electrons. The first-order valence-corrected chi connectivity index (χ1v) is 8.83. The third kappa shape index (κ3) is 10.4. The molecule has 1 aliphatic rings. The van der Waals surface area contributed by atoms with Crippen LogP contribution in [0.1, 0.15) is 47.0 Å². The second kappa shape index (κ2) is 10.1. The summed E-state index contributed by atoms with van der Waals surface area (Å²) < 4.78 is 57.8. The second-order valence-electron chi connectivity index (χ2n) is 7.33. The standard InChI is InChI=1S/C17H28F3NO6/c1-11-13(25-8-5-7-17(18,19)20)10-24-9-6-12(14(22)26-11)21-15(23)27-16(2,3)4/h11-13H,5-10H2,1-4H3,(H,21,23)/t11-,12-,13+/m0/s1. The average Bonchev–Trinajstić information content (AvgIpc) is 2.53. The van der Waals surface area contributed by atoms with Crippen LogP contribution in [0.2, 0.25) is 0 Å². The quantitative estimate of drug-likeness (QED) is 0.565. The van der Waals surface area contributed by atoms with Crippen molar-refractivity contribution in [3.63, 3.8) is 0 Å². The predicted molar refractivity (Wildman–Crippen MR) is 89.2 cm³/mol. The molecule has 1 heterocycles. The number of esters is 1. The first-order chi connectivity index (χ1) is 12.4. The lowest BCUT2D eigenvalue weighted by atomic mass is 10.2. The van der Waals surface area contributed by atoms with Crippen LogP contribution in [0.15, 0.2) is 0 Å². The van der Waals surface area contributed by atoms with Crippen molar-refractivity contribution in [3.05, 3.63) is 0 Å². The van der Waals surface area contributed by atoms with E-state index >= 15 is 0 Å². The van der Waals surface area contributed by atoms with Crippen LogP contribution in [0.3, 0.4) is 0 Å². The second-order valence-corrected chi connectivity index (χ2v) is 7.33. The highest BCUT2D eigenvalue weighted by Crippen LogP contribution is 2.21. The van der Waals surface area contributed by atoms with Crippen molar-refractivity contribution in [2.75, 3.05) is 19.8 Å². The lowest BCUT2D eigenvalue weighted by Crippen LogP contribution is -2.46. The molecule has 0 bridgehead atoms. The van der Waals surface area contributed by atoms with Crippen LogP contribution < -0.4 is 5.32 Å². The number of alkyl carbamates (subject to hydrolysis) is 1. The Kier molecular flexibility index (Phi) is 8.80. The van der Waals surface area contributed by atoms with Gasteiger partial charge in [0.15, 0.2) is 0 Å². The Hall–Kier alpha value is -1.55. The van der Waals surface area contributed by atoms with Crippen molar-refractivity contribution in [3.8, 4) is 0 Å². The summed E-state index contributed by atoms with van der Waals surface area (Å²) in [5.74, 6) is -0.678. The van der Waals surface area contributed by atoms with E-state index < -0.39 is 48.5 Å². The monoisotopic (exact) mass is 399 g/mol. The van der Waals surface area contributed by atoms with E-state index in [2.05, 4.69) is 5.32 Å². The molecule has 0 aromatic heterocycles. The Labute approximate surface area is 156 Å². The van der Waals surface area contributed by atoms with Gasteiger partial charge < -0.3 is 24.3 Å². The van der Waals surface area contributed by atoms with E-state index in [4.69, 9.17) is 18.9 Å². The Balaban J connectivity index is 2.55. The fourth-order valence-corrected chi connectivity index (χ4v) is 2.27. The number of nitrogens with one attached hydrogen (secondary N) is 1. The van der Waals surface area contributed by atoms with Gasteiger partial charge in [-0.1, -0.05) is 0 Å². The smallest absolute Gasteiger partial charge is 0.408 e. The summed E-state index contributed by atoms with van der Waals surface area (Å²) in [7, 11) is 0. The molecule has 0 aromatic rings. The number of alkyl halides is 3. The van der Waals surface area contributed by atoms with Crippen molar-refractivity contribution in [2.45, 2.75) is 77.0 Å². The summed E-state index contributed by atoms with van der Waals surface area (Å²) in [6.45, 7) is 6.73. The molecule has 0 saturated carbocycles. The van der Waals surface area contributed by atoms with Gasteiger partial charge in [0.2, 0.25) is 0 Å². The minimum Gasteiger partial charge on any atom is -0.458 e. The SMILES string of the molecule is C[C@@H]1OC(=O)[C@@H](NC(=O)OC(C)(C)C)CCOC[C@H]1OCCCC(F)(F)F. The molecule has 0 aromatic carbocycles. The highest BCUT2D eigenvalue weighted by atomic mass is 19.4. The number of hydrogen-bond acceptors (Lipinski definition) is 6. The summed E-state index contributed by atoms with van der Waals surface area (Å²) >= 11 is 0. The molecule has 158 valence electrons. The van der Waals surface area contributed by atoms with Crippen LogP contribution in [-0.2, 0) is 23.7 Å². The zero-order chi connectivity index (χ0) is 20.7. The Bertz CT molecular complexity index is 492. The minimum absolute atomic E-state index is 0.0691. The Morgan fingerprint density at radius 1 is 1.30 bits per heavy atom. The normalized spacial score (nSPS) is 25.0. The van der Waals surface area contributed by atoms with Crippen LogP contribution in [0.25, 0.3) is 0 Å². The zero-order valence-corrected chi connectivity index (χ0v) is 16.1. The molecule has 1 N–H and O–H groups in total. The summed E-state index contributed by atoms with van der Waals surface area (Å²) in [4.78, 5) is 24.1. The third-order valence-electron chi connectivity index (χ3n) is 3.57. The number of carbonyl (C=O) groups excluding carboxylic acids is 2. The molecule has 0 spiro atoms. The number of hydrogen-bond donors (Lipinski definition) is 1. The molecule has 1 saturated heterocycles. The maximum absolute atomic E-state index is 12.3. The van der Waals surface area contributed by atoms with Gasteiger partial charge in [0.05, 0.1) is 6.61 Å². The minimum atomic E-state index is -4.24. The number of ether oxygens (including phenoxy) is 4. The van der Waals surface area contributed by atoms with E-state index in [1.165, 1.54) is 0 Å². The van der Waals surface area contributed by atoms with Crippen molar-refractivity contribution < 1.29 is 41.7 Å². The molecule has 1 aliphatic heterocycles. The van der Waals surface area contributed by atoms with Crippen LogP contribution >= 0.6 is 0 Å². The Morgan fingerprint density at radius 3 is 2.56 bits per heavy atom. The first kappa shape index (κ1) is 23.5. The molecule has 1 amide bonds. The number of halogens is 3. The van der Waals surface area contributed by atoms with Crippen molar-refractivity contribution in [2.24, 2.45) is 0 Å². The fourth-order valence-electron chi connectivity index (χ4n) is 2.27. The summed E-state index contributed by atoms with van der Waals surface area (Å²) in [5.41, 5.74) is -0.717. The van der Waals surface area contributed by atoms with Crippen LogP contribution in [0.5, 0.6) is 0 Å². The van der Waals surface area contributed by atoms with Crippen LogP contribution in [-0.4, -0.2) is 61.9 Å². The predicted octanol–water partition coefficient (Wildman–Crippen LogP) is 2.96. The number of amides is 1.